The zero-order valence-corrected chi connectivity index (χ0v) is 6.75. The van der Waals surface area contributed by atoms with Crippen LogP contribution < -0.4 is 11.2 Å². The number of benzene rings is 1. The Hall–Kier alpha value is -1.06. The first-order valence-corrected chi connectivity index (χ1v) is 4.09. The van der Waals surface area contributed by atoms with Crippen LogP contribution in [0.15, 0.2) is 18.2 Å². The molecule has 0 spiro atoms. The van der Waals surface area contributed by atoms with Gasteiger partial charge in [0.25, 0.3) is 0 Å². The largest absolute Gasteiger partial charge is 0.399 e. The van der Waals surface area contributed by atoms with Crippen LogP contribution in [-0.4, -0.2) is 5.21 Å². The molecule has 1 aliphatic rings. The molecule has 1 aromatic carbocycles. The lowest BCUT2D eigenvalue weighted by Crippen LogP contribution is -2.13. The Morgan fingerprint density at radius 1 is 1.50 bits per heavy atom. The number of nitrogens with one attached hydrogen (secondary N) is 1. The Bertz CT molecular complexity index is 299. The molecule has 4 N–H and O–H groups in total. The van der Waals surface area contributed by atoms with E-state index in [0.29, 0.717) is 0 Å². The molecule has 0 aromatic heterocycles. The van der Waals surface area contributed by atoms with E-state index in [-0.39, 0.29) is 6.04 Å². The third-order valence-electron chi connectivity index (χ3n) is 2.40. The topological polar surface area (TPSA) is 58.3 Å². The van der Waals surface area contributed by atoms with Crippen LogP contribution in [0.1, 0.15) is 23.6 Å². The zero-order chi connectivity index (χ0) is 8.55. The number of fused-ring (bicyclic) bond motifs is 1. The zero-order valence-electron chi connectivity index (χ0n) is 6.75. The maximum atomic E-state index is 8.80. The normalized spacial score (nSPS) is 20.9. The Kier molecular flexibility index (Phi) is 1.75. The van der Waals surface area contributed by atoms with Crippen molar-refractivity contribution in [2.75, 3.05) is 5.73 Å². The maximum Gasteiger partial charge on any atom is 0.0574 e. The predicted octanol–water partition coefficient (Wildman–Crippen LogP) is 1.23. The van der Waals surface area contributed by atoms with Crippen LogP contribution in [0, 0.1) is 0 Å². The lowest BCUT2D eigenvalue weighted by atomic mass is 10.1. The van der Waals surface area contributed by atoms with Crippen molar-refractivity contribution in [3.8, 4) is 0 Å². The van der Waals surface area contributed by atoms with Gasteiger partial charge in [-0.1, -0.05) is 6.07 Å². The van der Waals surface area contributed by atoms with Gasteiger partial charge in [-0.3, -0.25) is 0 Å². The molecule has 3 nitrogen and oxygen atoms in total. The van der Waals surface area contributed by atoms with Crippen molar-refractivity contribution < 1.29 is 5.21 Å². The highest BCUT2D eigenvalue weighted by atomic mass is 16.5. The number of nitrogens with two attached hydrogens (primary N) is 1. The first-order chi connectivity index (χ1) is 5.81. The van der Waals surface area contributed by atoms with Crippen LogP contribution in [0.3, 0.4) is 0 Å². The molecule has 12 heavy (non-hydrogen) atoms. The molecule has 0 heterocycles. The van der Waals surface area contributed by atoms with Gasteiger partial charge in [-0.25, -0.2) is 0 Å². The second-order valence-electron chi connectivity index (χ2n) is 3.18. The molecule has 0 amide bonds. The first-order valence-electron chi connectivity index (χ1n) is 4.09. The van der Waals surface area contributed by atoms with Crippen molar-refractivity contribution in [3.05, 3.63) is 29.3 Å². The van der Waals surface area contributed by atoms with Gasteiger partial charge in [-0.2, -0.15) is 5.48 Å². The molecule has 1 unspecified atom stereocenters. The first kappa shape index (κ1) is 7.58. The minimum atomic E-state index is 0.0978. The monoisotopic (exact) mass is 164 g/mol. The summed E-state index contributed by atoms with van der Waals surface area (Å²) in [6.07, 6.45) is 1.95. The number of hydrogen-bond donors (Lipinski definition) is 3. The number of hydrogen-bond acceptors (Lipinski definition) is 3. The van der Waals surface area contributed by atoms with Crippen molar-refractivity contribution in [2.24, 2.45) is 0 Å². The van der Waals surface area contributed by atoms with Crippen LogP contribution in [-0.2, 0) is 6.42 Å². The van der Waals surface area contributed by atoms with Crippen LogP contribution in [0.2, 0.25) is 0 Å². The van der Waals surface area contributed by atoms with Gasteiger partial charge >= 0.3 is 0 Å². The molecular formula is C9H12N2O. The molecule has 0 saturated carbocycles. The second kappa shape index (κ2) is 2.77. The quantitative estimate of drug-likeness (QED) is 0.432. The van der Waals surface area contributed by atoms with E-state index in [2.05, 4.69) is 5.48 Å². The fourth-order valence-corrected chi connectivity index (χ4v) is 1.77. The Morgan fingerprint density at radius 2 is 2.33 bits per heavy atom. The molecular weight excluding hydrogens is 152 g/mol. The molecule has 64 valence electrons. The van der Waals surface area contributed by atoms with Gasteiger partial charge in [0, 0.05) is 5.69 Å². The van der Waals surface area contributed by atoms with Gasteiger partial charge in [0.1, 0.15) is 0 Å². The molecule has 0 saturated heterocycles. The highest BCUT2D eigenvalue weighted by Gasteiger charge is 2.21. The summed E-state index contributed by atoms with van der Waals surface area (Å²) in [6.45, 7) is 0. The lowest BCUT2D eigenvalue weighted by Gasteiger charge is -2.08. The van der Waals surface area contributed by atoms with E-state index in [1.807, 2.05) is 18.2 Å². The summed E-state index contributed by atoms with van der Waals surface area (Å²) in [5.41, 5.74) is 11.2. The third-order valence-corrected chi connectivity index (χ3v) is 2.40. The summed E-state index contributed by atoms with van der Waals surface area (Å²) >= 11 is 0. The molecule has 0 bridgehead atoms. The van der Waals surface area contributed by atoms with Crippen LogP contribution in [0.4, 0.5) is 5.69 Å². The number of anilines is 1. The summed E-state index contributed by atoms with van der Waals surface area (Å²) in [6, 6.07) is 5.92. The van der Waals surface area contributed by atoms with Gasteiger partial charge in [-0.15, -0.1) is 0 Å². The number of hydroxylamine groups is 1. The molecule has 0 fully saturated rings. The van der Waals surface area contributed by atoms with E-state index in [0.717, 1.165) is 18.5 Å². The lowest BCUT2D eigenvalue weighted by molar-refractivity contribution is 0.126. The molecule has 2 rings (SSSR count). The minimum absolute atomic E-state index is 0.0978. The molecule has 0 aliphatic heterocycles. The highest BCUT2D eigenvalue weighted by Crippen LogP contribution is 2.31. The van der Waals surface area contributed by atoms with Gasteiger partial charge in [-0.05, 0) is 36.1 Å². The van der Waals surface area contributed by atoms with E-state index < -0.39 is 0 Å². The molecule has 3 heteroatoms. The third kappa shape index (κ3) is 1.07. The molecule has 1 aromatic rings. The Morgan fingerprint density at radius 3 is 3.08 bits per heavy atom. The SMILES string of the molecule is Nc1ccc2c(c1)CCC2NO. The standard InChI is InChI=1S/C9H12N2O/c10-7-2-3-8-6(5-7)1-4-9(8)11-12/h2-3,5,9,11-12H,1,4,10H2. The van der Waals surface area contributed by atoms with Gasteiger partial charge in [0.05, 0.1) is 6.04 Å². The smallest absolute Gasteiger partial charge is 0.0574 e. The van der Waals surface area contributed by atoms with Crippen molar-refractivity contribution in [1.82, 2.24) is 5.48 Å². The van der Waals surface area contributed by atoms with E-state index in [1.165, 1.54) is 11.1 Å². The summed E-state index contributed by atoms with van der Waals surface area (Å²) in [7, 11) is 0. The summed E-state index contributed by atoms with van der Waals surface area (Å²) in [5, 5.41) is 8.80. The van der Waals surface area contributed by atoms with E-state index >= 15 is 0 Å². The highest BCUT2D eigenvalue weighted by molar-refractivity contribution is 5.47. The van der Waals surface area contributed by atoms with Crippen molar-refractivity contribution in [3.63, 3.8) is 0 Å². The van der Waals surface area contributed by atoms with Crippen molar-refractivity contribution >= 4 is 5.69 Å². The number of nitrogen functional groups attached to an aromatic ring is 1. The number of aryl methyl sites for hydroxylation is 1. The second-order valence-corrected chi connectivity index (χ2v) is 3.18. The summed E-state index contributed by atoms with van der Waals surface area (Å²) in [5.74, 6) is 0. The minimum Gasteiger partial charge on any atom is -0.399 e. The van der Waals surface area contributed by atoms with E-state index in [9.17, 15) is 0 Å². The van der Waals surface area contributed by atoms with Crippen molar-refractivity contribution in [1.29, 1.82) is 0 Å². The van der Waals surface area contributed by atoms with Crippen LogP contribution >= 0.6 is 0 Å². The van der Waals surface area contributed by atoms with Gasteiger partial charge in [0.15, 0.2) is 0 Å². The maximum absolute atomic E-state index is 8.80. The van der Waals surface area contributed by atoms with Gasteiger partial charge < -0.3 is 10.9 Å². The summed E-state index contributed by atoms with van der Waals surface area (Å²) in [4.78, 5) is 0. The summed E-state index contributed by atoms with van der Waals surface area (Å²) < 4.78 is 0. The van der Waals surface area contributed by atoms with Gasteiger partial charge in [0.2, 0.25) is 0 Å². The molecule has 0 radical (unpaired) electrons. The van der Waals surface area contributed by atoms with Crippen molar-refractivity contribution in [2.45, 2.75) is 18.9 Å². The predicted molar refractivity (Wildman–Crippen MR) is 46.8 cm³/mol. The van der Waals surface area contributed by atoms with E-state index in [1.54, 1.807) is 0 Å². The average molecular weight is 164 g/mol. The fourth-order valence-electron chi connectivity index (χ4n) is 1.77. The molecule has 1 aliphatic carbocycles. The number of rotatable bonds is 1. The average Bonchev–Trinajstić information content (AvgIpc) is 2.46. The molecule has 1 atom stereocenters. The van der Waals surface area contributed by atoms with Crippen LogP contribution in [0.5, 0.6) is 0 Å². The fraction of sp³-hybridized carbons (Fsp3) is 0.333. The van der Waals surface area contributed by atoms with E-state index in [4.69, 9.17) is 10.9 Å². The van der Waals surface area contributed by atoms with Crippen LogP contribution in [0.25, 0.3) is 0 Å². The Balaban J connectivity index is 2.40. The Labute approximate surface area is 71.2 Å².